The molecule has 0 amide bonds. The fourth-order valence-corrected chi connectivity index (χ4v) is 4.71. The Morgan fingerprint density at radius 1 is 1.31 bits per heavy atom. The molecule has 3 aliphatic rings. The molecular weight excluding hydrogens is 433 g/mol. The summed E-state index contributed by atoms with van der Waals surface area (Å²) >= 11 is 6.29. The van der Waals surface area contributed by atoms with Gasteiger partial charge in [0.2, 0.25) is 0 Å². The number of hydrogen-bond donors (Lipinski definition) is 1. The highest BCUT2D eigenvalue weighted by Crippen LogP contribution is 2.42. The second-order valence-corrected chi connectivity index (χ2v) is 8.28. The second kappa shape index (κ2) is 7.81. The van der Waals surface area contributed by atoms with Crippen LogP contribution >= 0.6 is 11.6 Å². The van der Waals surface area contributed by atoms with Crippen LogP contribution in [0.2, 0.25) is 5.02 Å². The number of carbonyl (C=O) groups is 1. The third-order valence-corrected chi connectivity index (χ3v) is 6.36. The van der Waals surface area contributed by atoms with Crippen LogP contribution in [0, 0.1) is 23.2 Å². The van der Waals surface area contributed by atoms with E-state index in [1.54, 1.807) is 30.3 Å². The highest BCUT2D eigenvalue weighted by atomic mass is 35.5. The quantitative estimate of drug-likeness (QED) is 0.717. The first-order valence-corrected chi connectivity index (χ1v) is 10.5. The molecule has 0 radical (unpaired) electrons. The van der Waals surface area contributed by atoms with E-state index in [1.165, 1.54) is 18.2 Å². The zero-order chi connectivity index (χ0) is 22.4. The molecule has 6 nitrogen and oxygen atoms in total. The fourth-order valence-electron chi connectivity index (χ4n) is 4.50. The van der Waals surface area contributed by atoms with E-state index in [0.29, 0.717) is 35.1 Å². The van der Waals surface area contributed by atoms with Crippen molar-refractivity contribution >= 4 is 29.0 Å². The van der Waals surface area contributed by atoms with Crippen LogP contribution in [0.3, 0.4) is 0 Å². The van der Waals surface area contributed by atoms with Gasteiger partial charge in [-0.2, -0.15) is 10.4 Å². The lowest BCUT2D eigenvalue weighted by Crippen LogP contribution is -2.43. The lowest BCUT2D eigenvalue weighted by atomic mass is 9.80. The summed E-state index contributed by atoms with van der Waals surface area (Å²) in [5, 5.41) is 25.6. The fraction of sp³-hybridized carbons (Fsp3) is 0.208. The molecule has 1 N–H and O–H groups in total. The van der Waals surface area contributed by atoms with Crippen molar-refractivity contribution in [2.75, 3.05) is 11.6 Å². The Balaban J connectivity index is 1.60. The number of anilines is 1. The maximum atomic E-state index is 13.6. The maximum absolute atomic E-state index is 13.6. The third-order valence-electron chi connectivity index (χ3n) is 6.05. The van der Waals surface area contributed by atoms with Crippen LogP contribution < -0.4 is 9.75 Å². The summed E-state index contributed by atoms with van der Waals surface area (Å²) in [6, 6.07) is 11.8. The van der Waals surface area contributed by atoms with Crippen molar-refractivity contribution in [3.63, 3.8) is 0 Å². The minimum absolute atomic E-state index is 0.0291. The molecule has 2 aromatic rings. The molecule has 0 aromatic heterocycles. The molecule has 0 spiro atoms. The van der Waals surface area contributed by atoms with E-state index < -0.39 is 5.97 Å². The van der Waals surface area contributed by atoms with Crippen LogP contribution in [0.1, 0.15) is 27.9 Å². The highest BCUT2D eigenvalue weighted by molar-refractivity contribution is 6.32. The molecule has 32 heavy (non-hydrogen) atoms. The molecule has 2 heterocycles. The first-order chi connectivity index (χ1) is 15.5. The Labute approximate surface area is 188 Å². The largest absolute Gasteiger partial charge is 0.492 e. The molecule has 0 saturated carbocycles. The number of aromatic carboxylic acids is 1. The average Bonchev–Trinajstić information content (AvgIpc) is 3.19. The molecule has 1 aliphatic carbocycles. The Hall–Kier alpha value is -3.63. The summed E-state index contributed by atoms with van der Waals surface area (Å²) in [7, 11) is 0. The number of ether oxygens (including phenoxy) is 1. The monoisotopic (exact) mass is 449 g/mol. The molecule has 160 valence electrons. The van der Waals surface area contributed by atoms with Crippen LogP contribution in [0.25, 0.3) is 0 Å². The highest BCUT2D eigenvalue weighted by Gasteiger charge is 2.45. The number of carboxylic acids is 1. The van der Waals surface area contributed by atoms with Crippen LogP contribution in [0.15, 0.2) is 65.6 Å². The zero-order valence-electron chi connectivity index (χ0n) is 16.7. The number of hydrogen-bond acceptors (Lipinski definition) is 5. The Morgan fingerprint density at radius 3 is 2.84 bits per heavy atom. The summed E-state index contributed by atoms with van der Waals surface area (Å²) in [6.45, 7) is 0.316. The number of nitriles is 1. The van der Waals surface area contributed by atoms with E-state index in [9.17, 15) is 19.6 Å². The molecule has 2 aliphatic heterocycles. The molecule has 8 heteroatoms. The predicted molar refractivity (Wildman–Crippen MR) is 118 cm³/mol. The van der Waals surface area contributed by atoms with Crippen molar-refractivity contribution < 1.29 is 19.0 Å². The number of halogens is 2. The third kappa shape index (κ3) is 3.33. The predicted octanol–water partition coefficient (Wildman–Crippen LogP) is 4.94. The van der Waals surface area contributed by atoms with Gasteiger partial charge in [0.05, 0.1) is 46.1 Å². The smallest absolute Gasteiger partial charge is 0.335 e. The molecule has 0 saturated heterocycles. The topological polar surface area (TPSA) is 85.9 Å². The molecule has 2 aromatic carbocycles. The first kappa shape index (κ1) is 20.3. The van der Waals surface area contributed by atoms with E-state index >= 15 is 0 Å². The number of fused-ring (bicyclic) bond motifs is 3. The van der Waals surface area contributed by atoms with Crippen LogP contribution in [-0.2, 0) is 0 Å². The Kier molecular flexibility index (Phi) is 4.95. The average molecular weight is 450 g/mol. The van der Waals surface area contributed by atoms with Gasteiger partial charge in [0, 0.05) is 11.5 Å². The summed E-state index contributed by atoms with van der Waals surface area (Å²) < 4.78 is 19.6. The summed E-state index contributed by atoms with van der Waals surface area (Å²) in [4.78, 5) is 11.3. The van der Waals surface area contributed by atoms with Crippen molar-refractivity contribution in [1.82, 2.24) is 0 Å². The Bertz CT molecular complexity index is 1260. The SMILES string of the molecule is N#Cc1ccc(N2N=C3c4ccc(C(=O)O)cc4OC[C@H]3[C@H]2C2C=CC(F)=CC2)cc1Cl. The molecule has 0 fully saturated rings. The van der Waals surface area contributed by atoms with Gasteiger partial charge in [-0.25, -0.2) is 9.18 Å². The van der Waals surface area contributed by atoms with Gasteiger partial charge in [-0.3, -0.25) is 5.01 Å². The normalized spacial score (nSPS) is 23.4. The molecule has 5 rings (SSSR count). The van der Waals surface area contributed by atoms with Crippen LogP contribution in [-0.4, -0.2) is 29.4 Å². The van der Waals surface area contributed by atoms with E-state index in [-0.39, 0.29) is 29.3 Å². The molecule has 3 atom stereocenters. The van der Waals surface area contributed by atoms with Crippen molar-refractivity contribution in [1.29, 1.82) is 5.26 Å². The van der Waals surface area contributed by atoms with Crippen molar-refractivity contribution in [2.24, 2.45) is 16.9 Å². The first-order valence-electron chi connectivity index (χ1n) is 10.1. The second-order valence-electron chi connectivity index (χ2n) is 7.88. The van der Waals surface area contributed by atoms with E-state index in [2.05, 4.69) is 6.07 Å². The van der Waals surface area contributed by atoms with E-state index in [0.717, 1.165) is 11.3 Å². The number of benzene rings is 2. The van der Waals surface area contributed by atoms with Crippen molar-refractivity contribution in [2.45, 2.75) is 12.5 Å². The van der Waals surface area contributed by atoms with E-state index in [4.69, 9.17) is 21.4 Å². The van der Waals surface area contributed by atoms with Crippen molar-refractivity contribution in [3.8, 4) is 11.8 Å². The Morgan fingerprint density at radius 2 is 2.16 bits per heavy atom. The molecule has 1 unspecified atom stereocenters. The number of rotatable bonds is 3. The summed E-state index contributed by atoms with van der Waals surface area (Å²) in [5.74, 6) is -0.960. The van der Waals surface area contributed by atoms with Crippen LogP contribution in [0.4, 0.5) is 10.1 Å². The number of allylic oxidation sites excluding steroid dienone is 3. The minimum Gasteiger partial charge on any atom is -0.492 e. The van der Waals surface area contributed by atoms with Gasteiger partial charge in [0.1, 0.15) is 17.6 Å². The zero-order valence-corrected chi connectivity index (χ0v) is 17.5. The van der Waals surface area contributed by atoms with Gasteiger partial charge in [-0.15, -0.1) is 0 Å². The van der Waals surface area contributed by atoms with Gasteiger partial charge >= 0.3 is 5.97 Å². The summed E-state index contributed by atoms with van der Waals surface area (Å²) in [5.41, 5.74) is 2.75. The lowest BCUT2D eigenvalue weighted by molar-refractivity contribution is 0.0696. The maximum Gasteiger partial charge on any atom is 0.335 e. The van der Waals surface area contributed by atoms with Gasteiger partial charge in [0.25, 0.3) is 0 Å². The van der Waals surface area contributed by atoms with Crippen molar-refractivity contribution in [3.05, 3.63) is 82.2 Å². The van der Waals surface area contributed by atoms with Gasteiger partial charge in [-0.1, -0.05) is 17.7 Å². The van der Waals surface area contributed by atoms with E-state index in [1.807, 2.05) is 11.1 Å². The molecular formula is C24H17ClFN3O3. The number of nitrogens with zero attached hydrogens (tertiary/aromatic N) is 3. The minimum atomic E-state index is -1.03. The number of hydrazone groups is 1. The van der Waals surface area contributed by atoms with Crippen LogP contribution in [0.5, 0.6) is 5.75 Å². The number of carboxylic acid groups (broad SMARTS) is 1. The van der Waals surface area contributed by atoms with Gasteiger partial charge in [-0.05, 0) is 55.0 Å². The lowest BCUT2D eigenvalue weighted by Gasteiger charge is -2.35. The van der Waals surface area contributed by atoms with Gasteiger partial charge in [0.15, 0.2) is 0 Å². The molecule has 0 bridgehead atoms. The standard InChI is InChI=1S/C24H17ClFN3O3/c25-20-10-17(7-3-15(20)11-27)29-23(13-1-5-16(26)6-2-13)19-12-32-21-9-14(24(30)31)4-8-18(21)22(19)28-29/h1,3-10,13,19,23H,2,12H2,(H,30,31)/t13?,19-,23-/m1/s1. The summed E-state index contributed by atoms with van der Waals surface area (Å²) in [6.07, 6.45) is 5.38. The van der Waals surface area contributed by atoms with Gasteiger partial charge < -0.3 is 9.84 Å².